The first-order valence-electron chi connectivity index (χ1n) is 5.06. The molecule has 0 radical (unpaired) electrons. The molecule has 1 aromatic carbocycles. The minimum Gasteiger partial charge on any atom is -0.330 e. The quantitative estimate of drug-likeness (QED) is 0.732. The molecule has 1 aliphatic rings. The van der Waals surface area contributed by atoms with Gasteiger partial charge < -0.3 is 5.73 Å². The lowest BCUT2D eigenvalue weighted by Gasteiger charge is -2.24. The minimum atomic E-state index is 0.365. The zero-order chi connectivity index (χ0) is 9.31. The summed E-state index contributed by atoms with van der Waals surface area (Å²) in [6, 6.07) is 8.73. The molecule has 1 aliphatic carbocycles. The summed E-state index contributed by atoms with van der Waals surface area (Å²) in [5.41, 5.74) is 9.24. The van der Waals surface area contributed by atoms with Crippen molar-refractivity contribution in [2.75, 3.05) is 6.54 Å². The van der Waals surface area contributed by atoms with E-state index in [1.54, 1.807) is 0 Å². The Hall–Kier alpha value is -0.820. The standard InChI is InChI=1S/C12H17N/c1-2-12(9-13)7-10-5-3-4-6-11(10)8-12/h3-6H,2,7-9,13H2,1H3. The van der Waals surface area contributed by atoms with E-state index in [-0.39, 0.29) is 0 Å². The fourth-order valence-corrected chi connectivity index (χ4v) is 2.31. The Labute approximate surface area is 80.0 Å². The van der Waals surface area contributed by atoms with Gasteiger partial charge in [0.2, 0.25) is 0 Å². The molecule has 0 fully saturated rings. The molecule has 1 nitrogen and oxygen atoms in total. The summed E-state index contributed by atoms with van der Waals surface area (Å²) in [5, 5.41) is 0. The molecule has 0 unspecified atom stereocenters. The minimum absolute atomic E-state index is 0.365. The second-order valence-corrected chi connectivity index (χ2v) is 4.18. The van der Waals surface area contributed by atoms with Gasteiger partial charge in [0.15, 0.2) is 0 Å². The van der Waals surface area contributed by atoms with E-state index >= 15 is 0 Å². The summed E-state index contributed by atoms with van der Waals surface area (Å²) in [6.45, 7) is 3.07. The molecule has 0 saturated heterocycles. The number of benzene rings is 1. The number of hydrogen-bond acceptors (Lipinski definition) is 1. The zero-order valence-electron chi connectivity index (χ0n) is 8.22. The lowest BCUT2D eigenvalue weighted by molar-refractivity contribution is 0.304. The summed E-state index contributed by atoms with van der Waals surface area (Å²) >= 11 is 0. The van der Waals surface area contributed by atoms with Crippen LogP contribution in [-0.4, -0.2) is 6.54 Å². The third-order valence-electron chi connectivity index (χ3n) is 3.43. The van der Waals surface area contributed by atoms with Crippen molar-refractivity contribution in [3.05, 3.63) is 35.4 Å². The SMILES string of the molecule is CCC1(CN)Cc2ccccc2C1. The number of rotatable bonds is 2. The van der Waals surface area contributed by atoms with Crippen molar-refractivity contribution >= 4 is 0 Å². The monoisotopic (exact) mass is 175 g/mol. The summed E-state index contributed by atoms with van der Waals surface area (Å²) in [7, 11) is 0. The lowest BCUT2D eigenvalue weighted by Crippen LogP contribution is -2.30. The van der Waals surface area contributed by atoms with Gasteiger partial charge in [-0.05, 0) is 42.3 Å². The smallest absolute Gasteiger partial charge is 0.00142 e. The van der Waals surface area contributed by atoms with Gasteiger partial charge in [0.25, 0.3) is 0 Å². The fraction of sp³-hybridized carbons (Fsp3) is 0.500. The van der Waals surface area contributed by atoms with Gasteiger partial charge in [-0.2, -0.15) is 0 Å². The third kappa shape index (κ3) is 1.37. The Kier molecular flexibility index (Phi) is 2.12. The molecule has 13 heavy (non-hydrogen) atoms. The van der Waals surface area contributed by atoms with Crippen molar-refractivity contribution in [1.82, 2.24) is 0 Å². The highest BCUT2D eigenvalue weighted by Gasteiger charge is 2.33. The maximum atomic E-state index is 5.86. The van der Waals surface area contributed by atoms with Crippen LogP contribution in [0.15, 0.2) is 24.3 Å². The van der Waals surface area contributed by atoms with Crippen molar-refractivity contribution in [2.45, 2.75) is 26.2 Å². The van der Waals surface area contributed by atoms with E-state index in [9.17, 15) is 0 Å². The summed E-state index contributed by atoms with van der Waals surface area (Å²) < 4.78 is 0. The van der Waals surface area contributed by atoms with Gasteiger partial charge in [0.1, 0.15) is 0 Å². The number of fused-ring (bicyclic) bond motifs is 1. The van der Waals surface area contributed by atoms with Crippen molar-refractivity contribution in [3.63, 3.8) is 0 Å². The van der Waals surface area contributed by atoms with Crippen LogP contribution in [0.5, 0.6) is 0 Å². The second-order valence-electron chi connectivity index (χ2n) is 4.18. The van der Waals surface area contributed by atoms with Gasteiger partial charge in [-0.1, -0.05) is 31.2 Å². The van der Waals surface area contributed by atoms with Crippen LogP contribution in [0.25, 0.3) is 0 Å². The summed E-state index contributed by atoms with van der Waals surface area (Å²) in [6.07, 6.45) is 3.55. The molecular weight excluding hydrogens is 158 g/mol. The van der Waals surface area contributed by atoms with E-state index < -0.39 is 0 Å². The lowest BCUT2D eigenvalue weighted by atomic mass is 9.82. The largest absolute Gasteiger partial charge is 0.330 e. The van der Waals surface area contributed by atoms with E-state index in [2.05, 4.69) is 31.2 Å². The van der Waals surface area contributed by atoms with Gasteiger partial charge in [0, 0.05) is 0 Å². The fourth-order valence-electron chi connectivity index (χ4n) is 2.31. The van der Waals surface area contributed by atoms with Crippen LogP contribution >= 0.6 is 0 Å². The van der Waals surface area contributed by atoms with Gasteiger partial charge in [0.05, 0.1) is 0 Å². The molecule has 0 heterocycles. The molecule has 1 aromatic rings. The van der Waals surface area contributed by atoms with Crippen LogP contribution in [0.2, 0.25) is 0 Å². The van der Waals surface area contributed by atoms with E-state index in [0.29, 0.717) is 5.41 Å². The van der Waals surface area contributed by atoms with Crippen molar-refractivity contribution in [3.8, 4) is 0 Å². The first kappa shape index (κ1) is 8.76. The summed E-state index contributed by atoms with van der Waals surface area (Å²) in [5.74, 6) is 0. The first-order chi connectivity index (χ1) is 6.29. The highest BCUT2D eigenvalue weighted by Crippen LogP contribution is 2.38. The van der Waals surface area contributed by atoms with Crippen LogP contribution < -0.4 is 5.73 Å². The molecule has 0 saturated carbocycles. The highest BCUT2D eigenvalue weighted by molar-refractivity contribution is 5.34. The van der Waals surface area contributed by atoms with Gasteiger partial charge >= 0.3 is 0 Å². The molecule has 2 rings (SSSR count). The molecule has 0 aromatic heterocycles. The summed E-state index contributed by atoms with van der Waals surface area (Å²) in [4.78, 5) is 0. The normalized spacial score (nSPS) is 18.6. The van der Waals surface area contributed by atoms with E-state index in [0.717, 1.165) is 6.54 Å². The maximum Gasteiger partial charge on any atom is -0.00142 e. The zero-order valence-corrected chi connectivity index (χ0v) is 8.22. The molecule has 0 bridgehead atoms. The van der Waals surface area contributed by atoms with Crippen molar-refractivity contribution in [2.24, 2.45) is 11.1 Å². The predicted octanol–water partition coefficient (Wildman–Crippen LogP) is 2.14. The topological polar surface area (TPSA) is 26.0 Å². The molecule has 70 valence electrons. The molecular formula is C12H17N. The average Bonchev–Trinajstić information content (AvgIpc) is 2.57. The Morgan fingerprint density at radius 1 is 1.23 bits per heavy atom. The Bertz CT molecular complexity index is 273. The molecule has 1 heteroatoms. The molecule has 0 aliphatic heterocycles. The van der Waals surface area contributed by atoms with Crippen molar-refractivity contribution in [1.29, 1.82) is 0 Å². The van der Waals surface area contributed by atoms with Crippen LogP contribution in [0.1, 0.15) is 24.5 Å². The number of nitrogens with two attached hydrogens (primary N) is 1. The van der Waals surface area contributed by atoms with E-state index in [4.69, 9.17) is 5.73 Å². The van der Waals surface area contributed by atoms with Crippen LogP contribution in [0, 0.1) is 5.41 Å². The highest BCUT2D eigenvalue weighted by atomic mass is 14.6. The predicted molar refractivity (Wildman–Crippen MR) is 55.6 cm³/mol. The Morgan fingerprint density at radius 2 is 1.77 bits per heavy atom. The maximum absolute atomic E-state index is 5.86. The second kappa shape index (κ2) is 3.15. The number of hydrogen-bond donors (Lipinski definition) is 1. The van der Waals surface area contributed by atoms with Gasteiger partial charge in [-0.25, -0.2) is 0 Å². The Morgan fingerprint density at radius 3 is 2.15 bits per heavy atom. The average molecular weight is 175 g/mol. The molecule has 2 N–H and O–H groups in total. The third-order valence-corrected chi connectivity index (χ3v) is 3.43. The van der Waals surface area contributed by atoms with E-state index in [1.165, 1.54) is 30.4 Å². The van der Waals surface area contributed by atoms with Crippen molar-refractivity contribution < 1.29 is 0 Å². The van der Waals surface area contributed by atoms with E-state index in [1.807, 2.05) is 0 Å². The van der Waals surface area contributed by atoms with Crippen LogP contribution in [0.3, 0.4) is 0 Å². The molecule has 0 amide bonds. The van der Waals surface area contributed by atoms with Gasteiger partial charge in [-0.15, -0.1) is 0 Å². The first-order valence-corrected chi connectivity index (χ1v) is 5.06. The van der Waals surface area contributed by atoms with Crippen LogP contribution in [0.4, 0.5) is 0 Å². The molecule has 0 atom stereocenters. The van der Waals surface area contributed by atoms with Gasteiger partial charge in [-0.3, -0.25) is 0 Å². The molecule has 0 spiro atoms. The van der Waals surface area contributed by atoms with Crippen LogP contribution in [-0.2, 0) is 12.8 Å². The Balaban J connectivity index is 2.30.